The molecule has 0 radical (unpaired) electrons. The number of ether oxygens (including phenoxy) is 1. The summed E-state index contributed by atoms with van der Waals surface area (Å²) < 4.78 is 18.5. The van der Waals surface area contributed by atoms with E-state index in [0.717, 1.165) is 42.0 Å². The van der Waals surface area contributed by atoms with Crippen LogP contribution in [0.4, 0.5) is 10.1 Å². The van der Waals surface area contributed by atoms with Crippen LogP contribution >= 0.6 is 0 Å². The second kappa shape index (κ2) is 15.6. The van der Waals surface area contributed by atoms with Gasteiger partial charge in [0.05, 0.1) is 5.69 Å². The van der Waals surface area contributed by atoms with Crippen LogP contribution in [0, 0.1) is 12.7 Å². The molecule has 1 aromatic carbocycles. The fourth-order valence-electron chi connectivity index (χ4n) is 2.90. The summed E-state index contributed by atoms with van der Waals surface area (Å²) in [7, 11) is 0. The van der Waals surface area contributed by atoms with E-state index in [2.05, 4.69) is 28.2 Å². The number of hydrogen-bond acceptors (Lipinski definition) is 5. The average Bonchev–Trinajstić information content (AvgIpc) is 3.22. The molecule has 0 fully saturated rings. The molecule has 0 saturated carbocycles. The number of nitrogens with two attached hydrogens (primary N) is 1. The molecular formula is C26H37FN4O2. The van der Waals surface area contributed by atoms with E-state index in [4.69, 9.17) is 10.5 Å². The molecule has 7 heteroatoms. The van der Waals surface area contributed by atoms with E-state index in [0.29, 0.717) is 12.8 Å². The number of aryl methyl sites for hydroxylation is 1. The van der Waals surface area contributed by atoms with Crippen LogP contribution in [0.25, 0.3) is 5.57 Å². The van der Waals surface area contributed by atoms with Gasteiger partial charge in [0.2, 0.25) is 0 Å². The van der Waals surface area contributed by atoms with Crippen molar-refractivity contribution < 1.29 is 13.9 Å². The van der Waals surface area contributed by atoms with Gasteiger partial charge in [-0.1, -0.05) is 63.6 Å². The van der Waals surface area contributed by atoms with Gasteiger partial charge in [-0.25, -0.2) is 9.37 Å². The molecule has 180 valence electrons. The van der Waals surface area contributed by atoms with Crippen LogP contribution in [-0.2, 0) is 9.53 Å². The maximum absolute atomic E-state index is 13.1. The summed E-state index contributed by atoms with van der Waals surface area (Å²) in [4.78, 5) is 15.8. The zero-order chi connectivity index (χ0) is 24.6. The van der Waals surface area contributed by atoms with Crippen LogP contribution in [0.15, 0.2) is 48.6 Å². The van der Waals surface area contributed by atoms with E-state index in [-0.39, 0.29) is 17.8 Å². The molecule has 0 aliphatic heterocycles. The van der Waals surface area contributed by atoms with Gasteiger partial charge in [-0.05, 0) is 50.8 Å². The lowest BCUT2D eigenvalue weighted by Gasteiger charge is -2.18. The molecule has 1 atom stereocenters. The van der Waals surface area contributed by atoms with Crippen molar-refractivity contribution in [1.29, 1.82) is 0 Å². The number of anilines is 1. The van der Waals surface area contributed by atoms with Gasteiger partial charge in [-0.3, -0.25) is 9.89 Å². The van der Waals surface area contributed by atoms with Crippen molar-refractivity contribution in [2.24, 2.45) is 0 Å². The van der Waals surface area contributed by atoms with Crippen LogP contribution in [0.5, 0.6) is 0 Å². The third kappa shape index (κ3) is 10.3. The molecule has 1 aromatic heterocycles. The molecule has 0 spiro atoms. The van der Waals surface area contributed by atoms with Gasteiger partial charge >= 0.3 is 5.97 Å². The quantitative estimate of drug-likeness (QED) is 0.238. The first-order valence-electron chi connectivity index (χ1n) is 11.5. The summed E-state index contributed by atoms with van der Waals surface area (Å²) in [6.07, 6.45) is 13.6. The molecule has 0 amide bonds. The number of carbonyl (C=O) groups excluding carboxylic acids is 1. The highest BCUT2D eigenvalue weighted by molar-refractivity contribution is 5.70. The van der Waals surface area contributed by atoms with Crippen molar-refractivity contribution in [2.45, 2.75) is 72.8 Å². The Bertz CT molecular complexity index is 948. The van der Waals surface area contributed by atoms with E-state index < -0.39 is 5.82 Å². The lowest BCUT2D eigenvalue weighted by Crippen LogP contribution is -2.11. The number of rotatable bonds is 10. The summed E-state index contributed by atoms with van der Waals surface area (Å²) in [5.41, 5.74) is 7.38. The van der Waals surface area contributed by atoms with Crippen LogP contribution < -0.4 is 5.73 Å². The number of nitrogen functional groups attached to an aromatic ring is 1. The molecular weight excluding hydrogens is 419 g/mol. The second-order valence-corrected chi connectivity index (χ2v) is 7.50. The van der Waals surface area contributed by atoms with Crippen molar-refractivity contribution in [2.75, 3.05) is 5.73 Å². The summed E-state index contributed by atoms with van der Waals surface area (Å²) in [6, 6.07) is 4.46. The minimum Gasteiger partial charge on any atom is -0.457 e. The van der Waals surface area contributed by atoms with Crippen molar-refractivity contribution in [3.8, 4) is 0 Å². The molecule has 0 saturated heterocycles. The zero-order valence-electron chi connectivity index (χ0n) is 20.4. The Morgan fingerprint density at radius 3 is 2.58 bits per heavy atom. The van der Waals surface area contributed by atoms with E-state index in [1.165, 1.54) is 12.1 Å². The minimum atomic E-state index is -0.450. The Labute approximate surface area is 196 Å². The van der Waals surface area contributed by atoms with Crippen LogP contribution in [0.1, 0.15) is 83.1 Å². The molecule has 0 bridgehead atoms. The first kappa shape index (κ1) is 27.8. The van der Waals surface area contributed by atoms with Crippen LogP contribution in [-0.4, -0.2) is 21.2 Å². The summed E-state index contributed by atoms with van der Waals surface area (Å²) >= 11 is 0. The highest BCUT2D eigenvalue weighted by Gasteiger charge is 2.16. The maximum atomic E-state index is 13.1. The first-order chi connectivity index (χ1) is 15.9. The van der Waals surface area contributed by atoms with E-state index in [1.54, 1.807) is 6.07 Å². The zero-order valence-corrected chi connectivity index (χ0v) is 20.4. The fraction of sp³-hybridized carbons (Fsp3) is 0.423. The fourth-order valence-corrected chi connectivity index (χ4v) is 2.90. The van der Waals surface area contributed by atoms with Crippen LogP contribution in [0.2, 0.25) is 0 Å². The number of H-pyrrole nitrogens is 1. The Hall–Kier alpha value is -3.22. The van der Waals surface area contributed by atoms with Gasteiger partial charge in [-0.2, -0.15) is 5.10 Å². The summed E-state index contributed by atoms with van der Waals surface area (Å²) in [5, 5.41) is 6.96. The molecule has 1 unspecified atom stereocenters. The van der Waals surface area contributed by atoms with Gasteiger partial charge in [-0.15, -0.1) is 0 Å². The number of nitrogens with one attached hydrogen (secondary N) is 1. The third-order valence-corrected chi connectivity index (χ3v) is 4.52. The van der Waals surface area contributed by atoms with Gasteiger partial charge in [0.1, 0.15) is 17.7 Å². The van der Waals surface area contributed by atoms with Crippen molar-refractivity contribution in [1.82, 2.24) is 15.2 Å². The molecule has 0 aliphatic carbocycles. The smallest absolute Gasteiger partial charge is 0.306 e. The molecule has 6 nitrogen and oxygen atoms in total. The number of aromatic nitrogens is 3. The lowest BCUT2D eigenvalue weighted by atomic mass is 10.0. The highest BCUT2D eigenvalue weighted by Crippen LogP contribution is 2.26. The number of halogens is 1. The molecule has 33 heavy (non-hydrogen) atoms. The Kier molecular flexibility index (Phi) is 13.1. The Morgan fingerprint density at radius 2 is 2.03 bits per heavy atom. The van der Waals surface area contributed by atoms with Crippen molar-refractivity contribution in [3.63, 3.8) is 0 Å². The normalized spacial score (nSPS) is 12.6. The number of allylic oxidation sites excluding steroid dienone is 6. The van der Waals surface area contributed by atoms with Crippen molar-refractivity contribution in [3.05, 3.63) is 71.6 Å². The monoisotopic (exact) mass is 456 g/mol. The summed E-state index contributed by atoms with van der Waals surface area (Å²) in [5.74, 6) is 0.902. The van der Waals surface area contributed by atoms with Crippen LogP contribution in [0.3, 0.4) is 0 Å². The molecule has 2 aromatic rings. The van der Waals surface area contributed by atoms with Crippen molar-refractivity contribution >= 4 is 17.2 Å². The SMILES string of the molecule is CCCC(=O)OC(CCC)c1ccc(F)c(N)c1.C\C=C/C(=C\C=C\CC)c1n[nH]c(C)n1. The maximum Gasteiger partial charge on any atom is 0.306 e. The predicted octanol–water partition coefficient (Wildman–Crippen LogP) is 6.63. The third-order valence-electron chi connectivity index (χ3n) is 4.52. The molecule has 1 heterocycles. The van der Waals surface area contributed by atoms with Gasteiger partial charge < -0.3 is 10.5 Å². The minimum absolute atomic E-state index is 0.0835. The highest BCUT2D eigenvalue weighted by atomic mass is 19.1. The van der Waals surface area contributed by atoms with E-state index >= 15 is 0 Å². The van der Waals surface area contributed by atoms with Gasteiger partial charge in [0.15, 0.2) is 5.82 Å². The number of aromatic amines is 1. The number of esters is 1. The summed E-state index contributed by atoms with van der Waals surface area (Å²) in [6.45, 7) is 9.92. The number of hydrogen-bond donors (Lipinski definition) is 2. The number of carbonyl (C=O) groups is 1. The Morgan fingerprint density at radius 1 is 1.27 bits per heavy atom. The second-order valence-electron chi connectivity index (χ2n) is 7.50. The topological polar surface area (TPSA) is 93.9 Å². The first-order valence-corrected chi connectivity index (χ1v) is 11.5. The van der Waals surface area contributed by atoms with Gasteiger partial charge in [0.25, 0.3) is 0 Å². The average molecular weight is 457 g/mol. The molecule has 3 N–H and O–H groups in total. The number of nitrogens with zero attached hydrogens (tertiary/aromatic N) is 2. The predicted molar refractivity (Wildman–Crippen MR) is 133 cm³/mol. The van der Waals surface area contributed by atoms with E-state index in [9.17, 15) is 9.18 Å². The largest absolute Gasteiger partial charge is 0.457 e. The van der Waals surface area contributed by atoms with E-state index in [1.807, 2.05) is 52.0 Å². The standard InChI is InChI=1S/C14H20FNO2.C12H17N3/c1-3-5-13(18-14(17)6-4-2)10-7-8-11(15)12(16)9-10;1-4-6-7-9-11(8-5-2)12-13-10(3)14-15-12/h7-9,13H,3-6,16H2,1-2H3;5-9H,4H2,1-3H3,(H,13,14,15)/b;7-6+,8-5-,11-9+. The molecule has 2 rings (SSSR count). The Balaban J connectivity index is 0.000000335. The lowest BCUT2D eigenvalue weighted by molar-refractivity contribution is -0.149. The molecule has 0 aliphatic rings. The van der Waals surface area contributed by atoms with Gasteiger partial charge in [0, 0.05) is 12.0 Å². The number of benzene rings is 1.